The first-order valence-corrected chi connectivity index (χ1v) is 10.7. The second-order valence-corrected chi connectivity index (χ2v) is 8.26. The molecule has 2 aromatic heterocycles. The van der Waals surface area contributed by atoms with E-state index < -0.39 is 5.82 Å². The molecule has 3 aromatic carbocycles. The summed E-state index contributed by atoms with van der Waals surface area (Å²) in [4.78, 5) is 13.2. The lowest BCUT2D eigenvalue weighted by atomic mass is 10.1. The Morgan fingerprint density at radius 3 is 2.74 bits per heavy atom. The lowest BCUT2D eigenvalue weighted by Crippen LogP contribution is -2.14. The molecule has 1 amide bonds. The maximum atomic E-state index is 14.5. The lowest BCUT2D eigenvalue weighted by Gasteiger charge is -2.06. The Hall–Kier alpha value is -3.77. The van der Waals surface area contributed by atoms with Gasteiger partial charge in [0.2, 0.25) is 5.91 Å². The van der Waals surface area contributed by atoms with Gasteiger partial charge in [0.25, 0.3) is 0 Å². The molecule has 0 aliphatic heterocycles. The number of amides is 1. The third-order valence-electron chi connectivity index (χ3n) is 5.08. The van der Waals surface area contributed by atoms with E-state index in [0.29, 0.717) is 11.2 Å². The number of nitrogens with one attached hydrogen (secondary N) is 2. The maximum absolute atomic E-state index is 14.5. The molecule has 4 nitrogen and oxygen atoms in total. The normalized spacial score (nSPS) is 11.5. The van der Waals surface area contributed by atoms with Crippen molar-refractivity contribution in [3.63, 3.8) is 0 Å². The average molecular weight is 428 g/mol. The van der Waals surface area contributed by atoms with E-state index in [9.17, 15) is 9.18 Å². The molecular formula is C25H18FN3OS. The number of aromatic nitrogens is 2. The number of hydrogen-bond donors (Lipinski definition) is 2. The Balaban J connectivity index is 1.41. The van der Waals surface area contributed by atoms with E-state index in [4.69, 9.17) is 0 Å². The minimum Gasteiger partial charge on any atom is -0.323 e. The van der Waals surface area contributed by atoms with E-state index in [1.807, 2.05) is 47.9 Å². The molecule has 5 aromatic rings. The van der Waals surface area contributed by atoms with Gasteiger partial charge in [-0.2, -0.15) is 5.10 Å². The maximum Gasteiger partial charge on any atom is 0.229 e. The van der Waals surface area contributed by atoms with Crippen molar-refractivity contribution in [2.45, 2.75) is 6.42 Å². The van der Waals surface area contributed by atoms with Crippen LogP contribution in [0.5, 0.6) is 0 Å². The van der Waals surface area contributed by atoms with E-state index >= 15 is 0 Å². The van der Waals surface area contributed by atoms with Crippen LogP contribution in [0.25, 0.3) is 33.8 Å². The molecule has 0 fully saturated rings. The number of benzene rings is 3. The van der Waals surface area contributed by atoms with Crippen molar-refractivity contribution in [2.24, 2.45) is 0 Å². The average Bonchev–Trinajstić information content (AvgIpc) is 3.42. The van der Waals surface area contributed by atoms with Crippen LogP contribution in [0.1, 0.15) is 16.1 Å². The number of fused-ring (bicyclic) bond motifs is 2. The van der Waals surface area contributed by atoms with Gasteiger partial charge in [-0.25, -0.2) is 4.39 Å². The quantitative estimate of drug-likeness (QED) is 0.347. The summed E-state index contributed by atoms with van der Waals surface area (Å²) >= 11 is 1.50. The number of carbonyl (C=O) groups excluding carboxylic acids is 1. The number of anilines is 1. The Kier molecular flexibility index (Phi) is 5.06. The highest BCUT2D eigenvalue weighted by atomic mass is 32.1. The highest BCUT2D eigenvalue weighted by molar-refractivity contribution is 7.10. The van der Waals surface area contributed by atoms with Crippen LogP contribution in [0, 0.1) is 5.82 Å². The molecule has 0 unspecified atom stereocenters. The summed E-state index contributed by atoms with van der Waals surface area (Å²) in [7, 11) is 0. The van der Waals surface area contributed by atoms with Crippen molar-refractivity contribution in [1.82, 2.24) is 10.2 Å². The van der Waals surface area contributed by atoms with Crippen molar-refractivity contribution in [3.05, 3.63) is 94.1 Å². The van der Waals surface area contributed by atoms with E-state index in [-0.39, 0.29) is 18.0 Å². The van der Waals surface area contributed by atoms with Gasteiger partial charge in [0.05, 0.1) is 23.3 Å². The number of carbonyl (C=O) groups is 1. The molecule has 2 N–H and O–H groups in total. The first-order chi connectivity index (χ1) is 15.2. The van der Waals surface area contributed by atoms with Crippen molar-refractivity contribution >= 4 is 56.8 Å². The summed E-state index contributed by atoms with van der Waals surface area (Å²) in [6.07, 6.45) is 4.08. The van der Waals surface area contributed by atoms with Crippen LogP contribution in [0.4, 0.5) is 10.1 Å². The van der Waals surface area contributed by atoms with Gasteiger partial charge in [0, 0.05) is 16.3 Å². The molecule has 31 heavy (non-hydrogen) atoms. The van der Waals surface area contributed by atoms with Crippen molar-refractivity contribution < 1.29 is 9.18 Å². The number of thiophene rings is 1. The first-order valence-electron chi connectivity index (χ1n) is 9.82. The van der Waals surface area contributed by atoms with E-state index in [1.165, 1.54) is 22.8 Å². The predicted octanol–water partition coefficient (Wildman–Crippen LogP) is 6.27. The third kappa shape index (κ3) is 4.11. The second-order valence-electron chi connectivity index (χ2n) is 7.23. The molecule has 152 valence electrons. The summed E-state index contributed by atoms with van der Waals surface area (Å²) < 4.78 is 14.5. The molecule has 0 radical (unpaired) electrons. The fourth-order valence-corrected chi connectivity index (χ4v) is 4.24. The summed E-state index contributed by atoms with van der Waals surface area (Å²) in [6.45, 7) is 0. The smallest absolute Gasteiger partial charge is 0.229 e. The van der Waals surface area contributed by atoms with Crippen molar-refractivity contribution in [3.8, 4) is 0 Å². The summed E-state index contributed by atoms with van der Waals surface area (Å²) in [6, 6.07) is 21.2. The standard InChI is InChI=1S/C25H18FN3OS/c26-21-15-23-20(14-24(21)27-25(30)13-19-6-3-11-31-19)22(28-29-23)10-8-16-7-9-17-4-1-2-5-18(17)12-16/h1-12,14-15H,13H2,(H,27,30)(H,28,29)/b10-8+. The van der Waals surface area contributed by atoms with Crippen LogP contribution in [0.2, 0.25) is 0 Å². The second kappa shape index (κ2) is 8.16. The number of hydrogen-bond acceptors (Lipinski definition) is 3. The molecule has 5 rings (SSSR count). The summed E-state index contributed by atoms with van der Waals surface area (Å²) in [5, 5.41) is 14.8. The molecule has 0 spiro atoms. The van der Waals surface area contributed by atoms with E-state index in [1.54, 1.807) is 6.07 Å². The van der Waals surface area contributed by atoms with E-state index in [2.05, 4.69) is 39.8 Å². The van der Waals surface area contributed by atoms with Gasteiger partial charge in [-0.15, -0.1) is 11.3 Å². The Labute approximate surface area is 182 Å². The Morgan fingerprint density at radius 2 is 1.90 bits per heavy atom. The largest absolute Gasteiger partial charge is 0.323 e. The molecule has 0 saturated heterocycles. The van der Waals surface area contributed by atoms with Gasteiger partial charge in [0.1, 0.15) is 5.82 Å². The van der Waals surface area contributed by atoms with Gasteiger partial charge < -0.3 is 5.32 Å². The van der Waals surface area contributed by atoms with Gasteiger partial charge in [-0.05, 0) is 46.0 Å². The van der Waals surface area contributed by atoms with Gasteiger partial charge >= 0.3 is 0 Å². The van der Waals surface area contributed by atoms with Crippen LogP contribution >= 0.6 is 11.3 Å². The van der Waals surface area contributed by atoms with Gasteiger partial charge in [0.15, 0.2) is 0 Å². The van der Waals surface area contributed by atoms with Gasteiger partial charge in [-0.3, -0.25) is 9.89 Å². The van der Waals surface area contributed by atoms with Crippen LogP contribution in [-0.2, 0) is 11.2 Å². The van der Waals surface area contributed by atoms with Crippen LogP contribution < -0.4 is 5.32 Å². The lowest BCUT2D eigenvalue weighted by molar-refractivity contribution is -0.115. The molecule has 6 heteroatoms. The molecule has 0 aliphatic rings. The van der Waals surface area contributed by atoms with Crippen molar-refractivity contribution in [1.29, 1.82) is 0 Å². The summed E-state index contributed by atoms with van der Waals surface area (Å²) in [5.41, 5.74) is 2.45. The predicted molar refractivity (Wildman–Crippen MR) is 126 cm³/mol. The van der Waals surface area contributed by atoms with Crippen LogP contribution in [-0.4, -0.2) is 16.1 Å². The number of aromatic amines is 1. The minimum absolute atomic E-state index is 0.149. The number of H-pyrrole nitrogens is 1. The number of nitrogens with zero attached hydrogens (tertiary/aromatic N) is 1. The zero-order valence-corrected chi connectivity index (χ0v) is 17.2. The monoisotopic (exact) mass is 427 g/mol. The molecule has 0 saturated carbocycles. The third-order valence-corrected chi connectivity index (χ3v) is 5.95. The highest BCUT2D eigenvalue weighted by Gasteiger charge is 2.13. The fraction of sp³-hybridized carbons (Fsp3) is 0.0400. The zero-order chi connectivity index (χ0) is 21.2. The molecule has 0 bridgehead atoms. The molecule has 2 heterocycles. The summed E-state index contributed by atoms with van der Waals surface area (Å²) in [5.74, 6) is -0.752. The van der Waals surface area contributed by atoms with Gasteiger partial charge in [-0.1, -0.05) is 48.5 Å². The molecular weight excluding hydrogens is 409 g/mol. The van der Waals surface area contributed by atoms with Crippen LogP contribution in [0.15, 0.2) is 72.1 Å². The fourth-order valence-electron chi connectivity index (χ4n) is 3.53. The number of halogens is 1. The Bertz CT molecular complexity index is 1420. The molecule has 0 atom stereocenters. The highest BCUT2D eigenvalue weighted by Crippen LogP contribution is 2.26. The number of rotatable bonds is 5. The SMILES string of the molecule is O=C(Cc1cccs1)Nc1cc2c(/C=C/c3ccc4ccccc4c3)n[nH]c2cc1F. The Morgan fingerprint density at radius 1 is 1.03 bits per heavy atom. The van der Waals surface area contributed by atoms with E-state index in [0.717, 1.165) is 21.2 Å². The van der Waals surface area contributed by atoms with Crippen molar-refractivity contribution in [2.75, 3.05) is 5.32 Å². The zero-order valence-electron chi connectivity index (χ0n) is 16.4. The molecule has 0 aliphatic carbocycles. The first kappa shape index (κ1) is 19.2. The van der Waals surface area contributed by atoms with Crippen LogP contribution in [0.3, 0.4) is 0 Å². The minimum atomic E-state index is -0.499. The topological polar surface area (TPSA) is 57.8 Å².